The van der Waals surface area contributed by atoms with Crippen LogP contribution in [0.5, 0.6) is 0 Å². The highest BCUT2D eigenvalue weighted by molar-refractivity contribution is 7.99. The van der Waals surface area contributed by atoms with Crippen molar-refractivity contribution in [1.29, 1.82) is 0 Å². The molecule has 2 aromatic heterocycles. The first-order valence-electron chi connectivity index (χ1n) is 18.4. The number of thiophene rings is 1. The number of anilines is 3. The SMILES string of the molecule is Cc1ccc2sc3cc(-c4ccc5c(c4)N(c4ccc(-c6nc(-c7cc8cccc9ccc%10cccc7c%10c98)ns6)cc4)c4ccccc4S5)ccc3c2c1. The minimum atomic E-state index is 0.774. The average Bonchev–Trinajstić information content (AvgIpc) is 3.87. The molecule has 12 rings (SSSR count). The molecule has 0 aliphatic carbocycles. The predicted molar refractivity (Wildman–Crippen MR) is 236 cm³/mol. The summed E-state index contributed by atoms with van der Waals surface area (Å²) in [6.45, 7) is 2.17. The molecule has 1 aliphatic rings. The van der Waals surface area contributed by atoms with Crippen molar-refractivity contribution in [1.82, 2.24) is 9.36 Å². The summed E-state index contributed by atoms with van der Waals surface area (Å²) in [6.07, 6.45) is 0. The number of para-hydroxylation sites is 1. The number of hydrogen-bond donors (Lipinski definition) is 0. The Bertz CT molecular complexity index is 3320. The molecule has 3 heterocycles. The molecule has 0 bridgehead atoms. The molecule has 0 spiro atoms. The van der Waals surface area contributed by atoms with Crippen LogP contribution in [0.2, 0.25) is 0 Å². The van der Waals surface area contributed by atoms with Crippen LogP contribution >= 0.6 is 34.6 Å². The van der Waals surface area contributed by atoms with Crippen LogP contribution in [0, 0.1) is 6.92 Å². The Morgan fingerprint density at radius 1 is 0.509 bits per heavy atom. The maximum Gasteiger partial charge on any atom is 0.174 e. The van der Waals surface area contributed by atoms with Crippen molar-refractivity contribution in [2.24, 2.45) is 0 Å². The van der Waals surface area contributed by atoms with E-state index in [1.54, 1.807) is 0 Å². The van der Waals surface area contributed by atoms with Gasteiger partial charge in [-0.3, -0.25) is 0 Å². The number of aromatic nitrogens is 2. The zero-order valence-electron chi connectivity index (χ0n) is 29.6. The highest BCUT2D eigenvalue weighted by Crippen LogP contribution is 2.52. The third kappa shape index (κ3) is 4.89. The molecule has 6 heteroatoms. The lowest BCUT2D eigenvalue weighted by molar-refractivity contribution is 1.17. The first-order chi connectivity index (χ1) is 27.1. The molecule has 1 aliphatic heterocycles. The zero-order chi connectivity index (χ0) is 36.2. The Morgan fingerprint density at radius 2 is 1.27 bits per heavy atom. The lowest BCUT2D eigenvalue weighted by Gasteiger charge is -2.33. The topological polar surface area (TPSA) is 29.0 Å². The fourth-order valence-electron chi connectivity index (χ4n) is 8.43. The normalized spacial score (nSPS) is 12.7. The van der Waals surface area contributed by atoms with Crippen LogP contribution in [-0.2, 0) is 0 Å². The van der Waals surface area contributed by atoms with E-state index < -0.39 is 0 Å². The summed E-state index contributed by atoms with van der Waals surface area (Å²) < 4.78 is 7.59. The Morgan fingerprint density at radius 3 is 2.18 bits per heavy atom. The summed E-state index contributed by atoms with van der Waals surface area (Å²) in [6, 6.07) is 57.9. The molecule has 11 aromatic rings. The molecule has 0 radical (unpaired) electrons. The van der Waals surface area contributed by atoms with E-state index in [0.717, 1.165) is 27.6 Å². The third-order valence-electron chi connectivity index (χ3n) is 11.0. The van der Waals surface area contributed by atoms with Crippen LogP contribution in [0.1, 0.15) is 5.56 Å². The number of benzene rings is 9. The van der Waals surface area contributed by atoms with Gasteiger partial charge in [-0.2, -0.15) is 4.37 Å². The molecular weight excluding hydrogens is 727 g/mol. The van der Waals surface area contributed by atoms with Crippen molar-refractivity contribution < 1.29 is 0 Å². The molecule has 0 unspecified atom stereocenters. The van der Waals surface area contributed by atoms with Crippen molar-refractivity contribution in [3.63, 3.8) is 0 Å². The molecule has 3 nitrogen and oxygen atoms in total. The second kappa shape index (κ2) is 12.0. The van der Waals surface area contributed by atoms with Crippen LogP contribution in [0.25, 0.3) is 85.6 Å². The van der Waals surface area contributed by atoms with E-state index in [4.69, 9.17) is 9.36 Å². The second-order valence-corrected chi connectivity index (χ2v) is 17.3. The molecule has 258 valence electrons. The van der Waals surface area contributed by atoms with E-state index >= 15 is 0 Å². The van der Waals surface area contributed by atoms with Gasteiger partial charge in [0.2, 0.25) is 0 Å². The zero-order valence-corrected chi connectivity index (χ0v) is 32.0. The molecule has 0 amide bonds. The minimum absolute atomic E-state index is 0.774. The number of rotatable bonds is 4. The molecule has 0 N–H and O–H groups in total. The van der Waals surface area contributed by atoms with Crippen molar-refractivity contribution in [2.45, 2.75) is 16.7 Å². The molecule has 0 saturated carbocycles. The fraction of sp³-hybridized carbons (Fsp3) is 0.0204. The Hall–Kier alpha value is -6.05. The van der Waals surface area contributed by atoms with Gasteiger partial charge in [0, 0.05) is 46.8 Å². The Kier molecular flexibility index (Phi) is 6.82. The maximum absolute atomic E-state index is 5.15. The Labute approximate surface area is 329 Å². The quantitative estimate of drug-likeness (QED) is 0.167. The fourth-order valence-corrected chi connectivity index (χ4v) is 11.3. The smallest absolute Gasteiger partial charge is 0.174 e. The number of nitrogens with zero attached hydrogens (tertiary/aromatic N) is 3. The van der Waals surface area contributed by atoms with E-state index in [0.29, 0.717) is 0 Å². The van der Waals surface area contributed by atoms with E-state index in [-0.39, 0.29) is 0 Å². The van der Waals surface area contributed by atoms with Crippen molar-refractivity contribution in [3.05, 3.63) is 163 Å². The van der Waals surface area contributed by atoms with Crippen LogP contribution in [0.4, 0.5) is 17.1 Å². The molecule has 0 saturated heterocycles. The second-order valence-electron chi connectivity index (χ2n) is 14.3. The van der Waals surface area contributed by atoms with Gasteiger partial charge in [0.05, 0.1) is 11.4 Å². The van der Waals surface area contributed by atoms with Crippen LogP contribution in [0.15, 0.2) is 168 Å². The highest BCUT2D eigenvalue weighted by atomic mass is 32.2. The van der Waals surface area contributed by atoms with Crippen molar-refractivity contribution in [2.75, 3.05) is 4.90 Å². The van der Waals surface area contributed by atoms with E-state index in [1.165, 1.54) is 102 Å². The van der Waals surface area contributed by atoms with Gasteiger partial charge in [0.15, 0.2) is 5.82 Å². The van der Waals surface area contributed by atoms with Gasteiger partial charge >= 0.3 is 0 Å². The third-order valence-corrected chi connectivity index (χ3v) is 14.1. The lowest BCUT2D eigenvalue weighted by atomic mass is 9.91. The summed E-state index contributed by atoms with van der Waals surface area (Å²) in [7, 11) is 0. The van der Waals surface area contributed by atoms with Gasteiger partial charge in [-0.05, 0) is 135 Å². The van der Waals surface area contributed by atoms with Gasteiger partial charge in [-0.15, -0.1) is 11.3 Å². The monoisotopic (exact) mass is 755 g/mol. The van der Waals surface area contributed by atoms with Gasteiger partial charge < -0.3 is 4.90 Å². The van der Waals surface area contributed by atoms with Crippen LogP contribution < -0.4 is 4.90 Å². The molecular formula is C49H29N3S3. The first-order valence-corrected chi connectivity index (χ1v) is 20.8. The number of hydrogen-bond acceptors (Lipinski definition) is 6. The average molecular weight is 756 g/mol. The minimum Gasteiger partial charge on any atom is -0.308 e. The number of aryl methyl sites for hydroxylation is 1. The summed E-state index contributed by atoms with van der Waals surface area (Å²) >= 11 is 5.18. The van der Waals surface area contributed by atoms with Crippen molar-refractivity contribution in [3.8, 4) is 33.1 Å². The lowest BCUT2D eigenvalue weighted by Crippen LogP contribution is -2.14. The van der Waals surface area contributed by atoms with Crippen molar-refractivity contribution >= 4 is 104 Å². The van der Waals surface area contributed by atoms with E-state index in [9.17, 15) is 0 Å². The largest absolute Gasteiger partial charge is 0.308 e. The van der Waals surface area contributed by atoms with Gasteiger partial charge in [0.25, 0.3) is 0 Å². The first kappa shape index (κ1) is 31.3. The predicted octanol–water partition coefficient (Wildman–Crippen LogP) is 15.0. The summed E-state index contributed by atoms with van der Waals surface area (Å²) in [4.78, 5) is 10.0. The van der Waals surface area contributed by atoms with E-state index in [1.807, 2.05) is 23.1 Å². The van der Waals surface area contributed by atoms with Gasteiger partial charge in [-0.25, -0.2) is 4.98 Å². The van der Waals surface area contributed by atoms with Crippen LogP contribution in [0.3, 0.4) is 0 Å². The van der Waals surface area contributed by atoms with E-state index in [2.05, 4.69) is 170 Å². The summed E-state index contributed by atoms with van der Waals surface area (Å²) in [5, 5.41) is 11.1. The highest BCUT2D eigenvalue weighted by Gasteiger charge is 2.26. The van der Waals surface area contributed by atoms with Gasteiger partial charge in [0.1, 0.15) is 5.01 Å². The molecule has 0 fully saturated rings. The number of fused-ring (bicyclic) bond motifs is 5. The molecule has 9 aromatic carbocycles. The van der Waals surface area contributed by atoms with Crippen LogP contribution in [-0.4, -0.2) is 9.36 Å². The molecule has 55 heavy (non-hydrogen) atoms. The summed E-state index contributed by atoms with van der Waals surface area (Å²) in [5.41, 5.74) is 9.36. The maximum atomic E-state index is 5.15. The van der Waals surface area contributed by atoms with Gasteiger partial charge in [-0.1, -0.05) is 102 Å². The standard InChI is InChI=1S/C49H29N3S3/c1-28-12-22-42-38(24-28)36-21-17-33(27-45(36)53-42)32-18-23-44-41(26-32)52(40-10-2-3-11-43(40)54-44)35-19-15-31(16-20-35)49-50-48(51-55-49)39-25-34-8-4-6-29-13-14-30-7-5-9-37(39)47(30)46(29)34/h2-27H,1H3. The molecule has 0 atom stereocenters. The Balaban J connectivity index is 0.923. The summed E-state index contributed by atoms with van der Waals surface area (Å²) in [5.74, 6) is 0.774.